The zero-order valence-corrected chi connectivity index (χ0v) is 28.7. The van der Waals surface area contributed by atoms with Gasteiger partial charge in [0.1, 0.15) is 22.9 Å². The lowest BCUT2D eigenvalue weighted by molar-refractivity contribution is -0.124. The van der Waals surface area contributed by atoms with Gasteiger partial charge in [-0.05, 0) is 79.6 Å². The fourth-order valence-corrected chi connectivity index (χ4v) is 6.35. The first-order valence-corrected chi connectivity index (χ1v) is 18.3. The van der Waals surface area contributed by atoms with E-state index in [1.54, 1.807) is 0 Å². The standard InChI is InChI=1S/C27H47BrN4O3Si.2H2S/c1-6-21(33)10-8-7-9-11-23(30-26(34)22-18-27(22)12-14-31(2)15-13-27)25-29-19-24(28)32(25)20-35-16-17-36(3,4)5;;/h19,22-23H,6-18,20H2,1-5H3,(H,30,34);2*1H2/t22-,23+;;/m1../s1. The van der Waals surface area contributed by atoms with E-state index in [9.17, 15) is 9.59 Å². The Kier molecular flexibility index (Phi) is 15.2. The number of ether oxygens (including phenoxy) is 1. The third-order valence-corrected chi connectivity index (χ3v) is 10.4. The number of nitrogens with one attached hydrogen (secondary N) is 1. The molecule has 1 amide bonds. The van der Waals surface area contributed by atoms with Crippen LogP contribution in [0.3, 0.4) is 0 Å². The molecular weight excluding hydrogens is 600 g/mol. The second-order valence-electron chi connectivity index (χ2n) is 12.2. The average molecular weight is 652 g/mol. The third kappa shape index (κ3) is 10.6. The lowest BCUT2D eigenvalue weighted by Gasteiger charge is -2.30. The molecule has 0 unspecified atom stereocenters. The number of likely N-dealkylation sites (tertiary alicyclic amines) is 1. The van der Waals surface area contributed by atoms with Crippen LogP contribution < -0.4 is 5.32 Å². The summed E-state index contributed by atoms with van der Waals surface area (Å²) in [5.74, 6) is 1.48. The molecule has 3 rings (SSSR count). The highest BCUT2D eigenvalue weighted by Gasteiger charge is 2.58. The number of halogens is 1. The molecule has 0 radical (unpaired) electrons. The molecule has 1 aliphatic heterocycles. The van der Waals surface area contributed by atoms with Crippen molar-refractivity contribution in [3.05, 3.63) is 16.6 Å². The molecule has 2 atom stereocenters. The first-order valence-electron chi connectivity index (χ1n) is 13.8. The van der Waals surface area contributed by atoms with Crippen LogP contribution in [0.2, 0.25) is 25.7 Å². The van der Waals surface area contributed by atoms with Crippen molar-refractivity contribution in [3.63, 3.8) is 0 Å². The Morgan fingerprint density at radius 2 is 1.89 bits per heavy atom. The number of imidazole rings is 1. The topological polar surface area (TPSA) is 76.5 Å². The van der Waals surface area contributed by atoms with Crippen LogP contribution in [0.4, 0.5) is 0 Å². The van der Waals surface area contributed by atoms with E-state index in [2.05, 4.69) is 52.8 Å². The number of Topliss-reactive ketones (excluding diaryl/α,β-unsaturated/α-hetero) is 1. The molecule has 0 bridgehead atoms. The summed E-state index contributed by atoms with van der Waals surface area (Å²) in [7, 11) is 1.00. The SMILES string of the molecule is CCC(=O)CCCCC[C@H](NC(=O)[C@H]1CC12CCN(C)CC2)c1ncc(Br)n1COCC[Si](C)(C)C.S.S. The van der Waals surface area contributed by atoms with E-state index in [-0.39, 0.29) is 50.3 Å². The fourth-order valence-electron chi connectivity index (χ4n) is 5.21. The molecule has 2 aliphatic rings. The van der Waals surface area contributed by atoms with Gasteiger partial charge in [-0.3, -0.25) is 14.2 Å². The molecule has 38 heavy (non-hydrogen) atoms. The maximum atomic E-state index is 13.4. The first kappa shape index (κ1) is 35.7. The number of rotatable bonds is 15. The van der Waals surface area contributed by atoms with Crippen LogP contribution in [0.15, 0.2) is 10.8 Å². The predicted octanol–water partition coefficient (Wildman–Crippen LogP) is 6.00. The van der Waals surface area contributed by atoms with Gasteiger partial charge in [-0.15, -0.1) is 0 Å². The Morgan fingerprint density at radius 3 is 2.53 bits per heavy atom. The Hall–Kier alpha value is -0.333. The van der Waals surface area contributed by atoms with Crippen molar-refractivity contribution in [2.45, 2.75) is 103 Å². The lowest BCUT2D eigenvalue weighted by atomic mass is 9.91. The minimum Gasteiger partial charge on any atom is -0.361 e. The normalized spacial score (nSPS) is 19.4. The van der Waals surface area contributed by atoms with Crippen molar-refractivity contribution >= 4 is 62.7 Å². The monoisotopic (exact) mass is 650 g/mol. The molecule has 7 nitrogen and oxygen atoms in total. The van der Waals surface area contributed by atoms with Gasteiger partial charge in [0.2, 0.25) is 5.91 Å². The minimum atomic E-state index is -1.16. The molecule has 1 N–H and O–H groups in total. The number of carbonyl (C=O) groups is 2. The summed E-state index contributed by atoms with van der Waals surface area (Å²) in [5.41, 5.74) is 0.206. The summed E-state index contributed by atoms with van der Waals surface area (Å²) < 4.78 is 8.97. The Labute approximate surface area is 253 Å². The number of carbonyl (C=O) groups excluding carboxylic acids is 2. The average Bonchev–Trinajstić information content (AvgIpc) is 3.42. The summed E-state index contributed by atoms with van der Waals surface area (Å²) in [5, 5.41) is 3.38. The molecule has 1 saturated heterocycles. The maximum absolute atomic E-state index is 13.4. The van der Waals surface area contributed by atoms with Crippen LogP contribution in [-0.4, -0.2) is 61.0 Å². The minimum absolute atomic E-state index is 0. The Balaban J connectivity index is 0.00000361. The van der Waals surface area contributed by atoms with Crippen LogP contribution in [-0.2, 0) is 21.1 Å². The molecule has 0 aromatic carbocycles. The van der Waals surface area contributed by atoms with E-state index in [1.165, 1.54) is 0 Å². The number of aromatic nitrogens is 2. The number of ketones is 1. The second-order valence-corrected chi connectivity index (χ2v) is 18.6. The van der Waals surface area contributed by atoms with E-state index < -0.39 is 8.07 Å². The van der Waals surface area contributed by atoms with E-state index >= 15 is 0 Å². The highest BCUT2D eigenvalue weighted by molar-refractivity contribution is 9.10. The van der Waals surface area contributed by atoms with Gasteiger partial charge in [0, 0.05) is 33.4 Å². The van der Waals surface area contributed by atoms with Gasteiger partial charge in [0.05, 0.1) is 12.2 Å². The number of amides is 1. The molecule has 220 valence electrons. The van der Waals surface area contributed by atoms with Crippen molar-refractivity contribution < 1.29 is 14.3 Å². The van der Waals surface area contributed by atoms with Crippen molar-refractivity contribution in [3.8, 4) is 0 Å². The molecule has 11 heteroatoms. The number of piperidine rings is 1. The van der Waals surface area contributed by atoms with E-state index in [1.807, 2.05) is 17.7 Å². The first-order chi connectivity index (χ1) is 17.0. The highest BCUT2D eigenvalue weighted by Crippen LogP contribution is 2.59. The summed E-state index contributed by atoms with van der Waals surface area (Å²) in [6.07, 6.45) is 9.96. The summed E-state index contributed by atoms with van der Waals surface area (Å²) in [4.78, 5) is 32.1. The largest absolute Gasteiger partial charge is 0.361 e. The lowest BCUT2D eigenvalue weighted by Crippen LogP contribution is -2.36. The van der Waals surface area contributed by atoms with Gasteiger partial charge < -0.3 is 15.0 Å². The fraction of sp³-hybridized carbons (Fsp3) is 0.815. The maximum Gasteiger partial charge on any atom is 0.224 e. The quantitative estimate of drug-likeness (QED) is 0.186. The summed E-state index contributed by atoms with van der Waals surface area (Å²) in [6, 6.07) is 0.958. The van der Waals surface area contributed by atoms with Crippen molar-refractivity contribution in [1.29, 1.82) is 0 Å². The van der Waals surface area contributed by atoms with Crippen LogP contribution >= 0.6 is 42.9 Å². The smallest absolute Gasteiger partial charge is 0.224 e. The molecule has 1 aromatic rings. The van der Waals surface area contributed by atoms with Crippen molar-refractivity contribution in [2.75, 3.05) is 26.7 Å². The van der Waals surface area contributed by atoms with Gasteiger partial charge in [0.15, 0.2) is 0 Å². The van der Waals surface area contributed by atoms with Gasteiger partial charge in [0.25, 0.3) is 0 Å². The molecule has 1 saturated carbocycles. The second kappa shape index (κ2) is 16.2. The van der Waals surface area contributed by atoms with E-state index in [4.69, 9.17) is 9.72 Å². The number of unbranched alkanes of at least 4 members (excludes halogenated alkanes) is 2. The third-order valence-electron chi connectivity index (χ3n) is 8.01. The molecule has 1 spiro atoms. The van der Waals surface area contributed by atoms with Gasteiger partial charge in [-0.1, -0.05) is 39.4 Å². The van der Waals surface area contributed by atoms with Crippen LogP contribution in [0.1, 0.15) is 76.6 Å². The predicted molar refractivity (Wildman–Crippen MR) is 171 cm³/mol. The Bertz CT molecular complexity index is 888. The highest BCUT2D eigenvalue weighted by atomic mass is 79.9. The van der Waals surface area contributed by atoms with E-state index in [0.717, 1.165) is 81.1 Å². The van der Waals surface area contributed by atoms with Crippen LogP contribution in [0, 0.1) is 11.3 Å². The number of hydrogen-bond acceptors (Lipinski definition) is 5. The van der Waals surface area contributed by atoms with Crippen molar-refractivity contribution in [2.24, 2.45) is 11.3 Å². The Morgan fingerprint density at radius 1 is 1.21 bits per heavy atom. The molecular formula is C27H51BrN4O3S2Si. The number of hydrogen-bond donors (Lipinski definition) is 1. The summed E-state index contributed by atoms with van der Waals surface area (Å²) >= 11 is 3.64. The van der Waals surface area contributed by atoms with Gasteiger partial charge >= 0.3 is 0 Å². The number of nitrogens with zero attached hydrogens (tertiary/aromatic N) is 3. The molecule has 1 aromatic heterocycles. The van der Waals surface area contributed by atoms with Crippen LogP contribution in [0.25, 0.3) is 0 Å². The van der Waals surface area contributed by atoms with Gasteiger partial charge in [-0.2, -0.15) is 27.0 Å². The van der Waals surface area contributed by atoms with Crippen molar-refractivity contribution in [1.82, 2.24) is 19.8 Å². The molecule has 2 fully saturated rings. The van der Waals surface area contributed by atoms with Crippen LogP contribution in [0.5, 0.6) is 0 Å². The summed E-state index contributed by atoms with van der Waals surface area (Å²) in [6.45, 7) is 12.3. The van der Waals surface area contributed by atoms with Gasteiger partial charge in [-0.25, -0.2) is 4.98 Å². The molecule has 2 heterocycles. The zero-order chi connectivity index (χ0) is 26.3. The molecule has 1 aliphatic carbocycles. The van der Waals surface area contributed by atoms with E-state index in [0.29, 0.717) is 25.4 Å². The zero-order valence-electron chi connectivity index (χ0n) is 24.1.